The summed E-state index contributed by atoms with van der Waals surface area (Å²) in [6, 6.07) is 15.9. The second-order valence-electron chi connectivity index (χ2n) is 4.67. The number of para-hydroxylation sites is 1. The van der Waals surface area contributed by atoms with Crippen molar-refractivity contribution in [2.45, 2.75) is 11.3 Å². The summed E-state index contributed by atoms with van der Waals surface area (Å²) in [7, 11) is 0. The number of aliphatic hydroxyl groups excluding tert-OH is 1. The van der Waals surface area contributed by atoms with Gasteiger partial charge in [-0.05, 0) is 18.2 Å². The molecule has 1 atom stereocenters. The number of thioether (sulfide) groups is 1. The molecule has 0 saturated carbocycles. The van der Waals surface area contributed by atoms with E-state index in [-0.39, 0.29) is 0 Å². The summed E-state index contributed by atoms with van der Waals surface area (Å²) in [5, 5.41) is 18.8. The molecule has 2 aromatic carbocycles. The summed E-state index contributed by atoms with van der Waals surface area (Å²) in [4.78, 5) is 0. The van der Waals surface area contributed by atoms with Crippen LogP contribution in [-0.4, -0.2) is 25.6 Å². The monoisotopic (exact) mass is 315 g/mol. The van der Waals surface area contributed by atoms with Crippen molar-refractivity contribution in [3.8, 4) is 5.69 Å². The van der Waals surface area contributed by atoms with Crippen molar-refractivity contribution in [1.29, 1.82) is 0 Å². The average molecular weight is 315 g/mol. The van der Waals surface area contributed by atoms with Gasteiger partial charge >= 0.3 is 0 Å². The first-order valence-corrected chi connectivity index (χ1v) is 7.75. The van der Waals surface area contributed by atoms with Crippen LogP contribution in [0.4, 0.5) is 4.39 Å². The number of benzene rings is 2. The lowest BCUT2D eigenvalue weighted by Gasteiger charge is -2.11. The Labute approximate surface area is 131 Å². The molecule has 3 aromatic rings. The Morgan fingerprint density at radius 1 is 1.09 bits per heavy atom. The first-order valence-electron chi connectivity index (χ1n) is 6.76. The van der Waals surface area contributed by atoms with E-state index in [2.05, 4.69) is 10.2 Å². The quantitative estimate of drug-likeness (QED) is 0.734. The normalized spacial score (nSPS) is 12.3. The fraction of sp³-hybridized carbons (Fsp3) is 0.125. The third-order valence-corrected chi connectivity index (χ3v) is 4.20. The summed E-state index contributed by atoms with van der Waals surface area (Å²) < 4.78 is 15.5. The molecule has 1 heterocycles. The van der Waals surface area contributed by atoms with Crippen LogP contribution in [0.1, 0.15) is 11.7 Å². The van der Waals surface area contributed by atoms with Crippen molar-refractivity contribution in [1.82, 2.24) is 14.8 Å². The predicted octanol–water partition coefficient (Wildman–Crippen LogP) is 3.23. The van der Waals surface area contributed by atoms with Crippen molar-refractivity contribution >= 4 is 11.8 Å². The molecule has 6 heteroatoms. The van der Waals surface area contributed by atoms with Crippen LogP contribution in [0.15, 0.2) is 66.1 Å². The molecule has 0 radical (unpaired) electrons. The molecule has 0 aliphatic carbocycles. The van der Waals surface area contributed by atoms with Gasteiger partial charge in [0.1, 0.15) is 12.1 Å². The van der Waals surface area contributed by atoms with Crippen molar-refractivity contribution in [2.24, 2.45) is 0 Å². The standard InChI is InChI=1S/C16H14FN3OS/c17-14-9-5-4-8-13(14)15(21)10-22-16-19-18-11-20(16)12-6-2-1-3-7-12/h1-9,11,15,21H,10H2. The topological polar surface area (TPSA) is 50.9 Å². The first kappa shape index (κ1) is 14.7. The molecule has 0 amide bonds. The lowest BCUT2D eigenvalue weighted by molar-refractivity contribution is 0.199. The Morgan fingerprint density at radius 3 is 2.59 bits per heavy atom. The third-order valence-electron chi connectivity index (χ3n) is 3.19. The minimum atomic E-state index is -0.896. The second-order valence-corrected chi connectivity index (χ2v) is 5.65. The highest BCUT2D eigenvalue weighted by molar-refractivity contribution is 7.99. The summed E-state index contributed by atoms with van der Waals surface area (Å²) in [5.74, 6) is -0.105. The van der Waals surface area contributed by atoms with Gasteiger partial charge in [-0.25, -0.2) is 4.39 Å². The summed E-state index contributed by atoms with van der Waals surface area (Å²) in [5.41, 5.74) is 1.23. The maximum Gasteiger partial charge on any atom is 0.195 e. The number of nitrogens with zero attached hydrogens (tertiary/aromatic N) is 3. The molecular formula is C16H14FN3OS. The molecule has 0 aliphatic heterocycles. The predicted molar refractivity (Wildman–Crippen MR) is 83.4 cm³/mol. The number of aromatic nitrogens is 3. The molecule has 0 bridgehead atoms. The minimum Gasteiger partial charge on any atom is -0.387 e. The third kappa shape index (κ3) is 3.18. The van der Waals surface area contributed by atoms with Gasteiger partial charge in [0.2, 0.25) is 0 Å². The van der Waals surface area contributed by atoms with Crippen LogP contribution in [0.25, 0.3) is 5.69 Å². The highest BCUT2D eigenvalue weighted by Crippen LogP contribution is 2.26. The van der Waals surface area contributed by atoms with Crippen LogP contribution in [-0.2, 0) is 0 Å². The molecule has 0 spiro atoms. The Morgan fingerprint density at radius 2 is 1.82 bits per heavy atom. The molecule has 1 aromatic heterocycles. The SMILES string of the molecule is OC(CSc1nncn1-c1ccccc1)c1ccccc1F. The Bertz CT molecular complexity index is 748. The van der Waals surface area contributed by atoms with Crippen LogP contribution in [0.2, 0.25) is 0 Å². The molecular weight excluding hydrogens is 301 g/mol. The van der Waals surface area contributed by atoms with E-state index < -0.39 is 11.9 Å². The summed E-state index contributed by atoms with van der Waals surface area (Å²) >= 11 is 1.33. The zero-order valence-electron chi connectivity index (χ0n) is 11.6. The number of halogens is 1. The van der Waals surface area contributed by atoms with E-state index in [1.807, 2.05) is 34.9 Å². The van der Waals surface area contributed by atoms with E-state index in [9.17, 15) is 9.50 Å². The number of hydrogen-bond acceptors (Lipinski definition) is 4. The lowest BCUT2D eigenvalue weighted by atomic mass is 10.1. The number of rotatable bonds is 5. The van der Waals surface area contributed by atoms with Gasteiger partial charge in [0.15, 0.2) is 5.16 Å². The zero-order valence-corrected chi connectivity index (χ0v) is 12.4. The van der Waals surface area contributed by atoms with Crippen LogP contribution in [0.5, 0.6) is 0 Å². The molecule has 3 rings (SSSR count). The molecule has 22 heavy (non-hydrogen) atoms. The van der Waals surface area contributed by atoms with E-state index in [4.69, 9.17) is 0 Å². The van der Waals surface area contributed by atoms with E-state index >= 15 is 0 Å². The highest BCUT2D eigenvalue weighted by atomic mass is 32.2. The highest BCUT2D eigenvalue weighted by Gasteiger charge is 2.15. The van der Waals surface area contributed by atoms with Gasteiger partial charge < -0.3 is 5.11 Å². The van der Waals surface area contributed by atoms with Gasteiger partial charge in [0.05, 0.1) is 6.10 Å². The number of aliphatic hydroxyl groups is 1. The van der Waals surface area contributed by atoms with Gasteiger partial charge in [-0.3, -0.25) is 4.57 Å². The average Bonchev–Trinajstić information content (AvgIpc) is 3.02. The van der Waals surface area contributed by atoms with Gasteiger partial charge in [-0.1, -0.05) is 48.2 Å². The Hall–Kier alpha value is -2.18. The molecule has 1 unspecified atom stereocenters. The van der Waals surface area contributed by atoms with Crippen molar-refractivity contribution in [3.63, 3.8) is 0 Å². The lowest BCUT2D eigenvalue weighted by Crippen LogP contribution is -2.04. The van der Waals surface area contributed by atoms with E-state index in [1.165, 1.54) is 17.8 Å². The van der Waals surface area contributed by atoms with E-state index in [0.29, 0.717) is 16.5 Å². The van der Waals surface area contributed by atoms with Gasteiger partial charge in [0.25, 0.3) is 0 Å². The Kier molecular flexibility index (Phi) is 4.50. The van der Waals surface area contributed by atoms with Gasteiger partial charge in [-0.2, -0.15) is 0 Å². The van der Waals surface area contributed by atoms with E-state index in [1.54, 1.807) is 24.5 Å². The maximum absolute atomic E-state index is 13.6. The molecule has 0 fully saturated rings. The van der Waals surface area contributed by atoms with Crippen LogP contribution >= 0.6 is 11.8 Å². The fourth-order valence-corrected chi connectivity index (χ4v) is 2.96. The molecule has 0 aliphatic rings. The first-order chi connectivity index (χ1) is 10.8. The van der Waals surface area contributed by atoms with Gasteiger partial charge in [0, 0.05) is 17.0 Å². The molecule has 0 saturated heterocycles. The van der Waals surface area contributed by atoms with Crippen LogP contribution < -0.4 is 0 Å². The largest absolute Gasteiger partial charge is 0.387 e. The molecule has 4 nitrogen and oxygen atoms in total. The summed E-state index contributed by atoms with van der Waals surface area (Å²) in [6.45, 7) is 0. The van der Waals surface area contributed by atoms with Crippen molar-refractivity contribution in [3.05, 3.63) is 72.3 Å². The fourth-order valence-electron chi connectivity index (χ4n) is 2.08. The molecule has 1 N–H and O–H groups in total. The van der Waals surface area contributed by atoms with Crippen molar-refractivity contribution in [2.75, 3.05) is 5.75 Å². The van der Waals surface area contributed by atoms with E-state index in [0.717, 1.165) is 5.69 Å². The smallest absolute Gasteiger partial charge is 0.195 e. The number of hydrogen-bond donors (Lipinski definition) is 1. The second kappa shape index (κ2) is 6.72. The van der Waals surface area contributed by atoms with Crippen LogP contribution in [0.3, 0.4) is 0 Å². The summed E-state index contributed by atoms with van der Waals surface area (Å²) in [6.07, 6.45) is 0.722. The maximum atomic E-state index is 13.6. The zero-order chi connectivity index (χ0) is 15.4. The molecule has 112 valence electrons. The van der Waals surface area contributed by atoms with Gasteiger partial charge in [-0.15, -0.1) is 10.2 Å². The Balaban J connectivity index is 1.73. The minimum absolute atomic E-state index is 0.292. The van der Waals surface area contributed by atoms with Crippen molar-refractivity contribution < 1.29 is 9.50 Å². The van der Waals surface area contributed by atoms with Crippen LogP contribution in [0, 0.1) is 5.82 Å².